The SMILES string of the molecule is O=C(Nc1ccc(Oc2ncnc3cc(OCCCN4CCOCC4)c4c(c23)OCCO4)c(F)c1)c1cccn(-c2ccc(F)cc2)c1=O. The van der Waals surface area contributed by atoms with Gasteiger partial charge in [-0.05, 0) is 55.0 Å². The molecule has 1 saturated heterocycles. The fourth-order valence-electron chi connectivity index (χ4n) is 5.60. The molecule has 49 heavy (non-hydrogen) atoms. The van der Waals surface area contributed by atoms with Crippen LogP contribution in [0.25, 0.3) is 16.6 Å². The Morgan fingerprint density at radius 1 is 0.918 bits per heavy atom. The van der Waals surface area contributed by atoms with Crippen LogP contribution >= 0.6 is 0 Å². The molecule has 1 amide bonds. The van der Waals surface area contributed by atoms with E-state index in [9.17, 15) is 14.0 Å². The number of hydrogen-bond donors (Lipinski definition) is 1. The van der Waals surface area contributed by atoms with Gasteiger partial charge in [0.1, 0.15) is 36.3 Å². The molecule has 0 atom stereocenters. The Morgan fingerprint density at radius 2 is 1.71 bits per heavy atom. The van der Waals surface area contributed by atoms with E-state index in [-0.39, 0.29) is 29.5 Å². The van der Waals surface area contributed by atoms with Gasteiger partial charge >= 0.3 is 0 Å². The summed E-state index contributed by atoms with van der Waals surface area (Å²) >= 11 is 0. The summed E-state index contributed by atoms with van der Waals surface area (Å²) in [5.41, 5.74) is 0.109. The van der Waals surface area contributed by atoms with Crippen molar-refractivity contribution >= 4 is 22.5 Å². The molecule has 0 aliphatic carbocycles. The lowest BCUT2D eigenvalue weighted by molar-refractivity contribution is 0.0357. The van der Waals surface area contributed by atoms with Crippen LogP contribution in [-0.2, 0) is 4.74 Å². The van der Waals surface area contributed by atoms with Crippen LogP contribution in [0, 0.1) is 11.6 Å². The number of ether oxygens (including phenoxy) is 5. The van der Waals surface area contributed by atoms with Crippen LogP contribution in [0.5, 0.6) is 28.9 Å². The third-order valence-electron chi connectivity index (χ3n) is 8.02. The van der Waals surface area contributed by atoms with E-state index in [1.165, 1.54) is 65.6 Å². The zero-order valence-electron chi connectivity index (χ0n) is 26.2. The monoisotopic (exact) mass is 671 g/mol. The van der Waals surface area contributed by atoms with Crippen LogP contribution in [0.2, 0.25) is 0 Å². The van der Waals surface area contributed by atoms with Crippen molar-refractivity contribution in [3.8, 4) is 34.6 Å². The molecule has 0 spiro atoms. The number of benzene rings is 3. The van der Waals surface area contributed by atoms with Gasteiger partial charge < -0.3 is 29.0 Å². The molecule has 1 fully saturated rings. The molecular formula is C35H31F2N5O7. The summed E-state index contributed by atoms with van der Waals surface area (Å²) in [4.78, 5) is 37.0. The van der Waals surface area contributed by atoms with Crippen molar-refractivity contribution in [1.29, 1.82) is 0 Å². The molecule has 0 bridgehead atoms. The Hall–Kier alpha value is -5.60. The number of anilines is 1. The Labute approximate surface area is 278 Å². The molecule has 14 heteroatoms. The molecule has 252 valence electrons. The minimum absolute atomic E-state index is 0.0342. The smallest absolute Gasteiger partial charge is 0.267 e. The van der Waals surface area contributed by atoms with Gasteiger partial charge in [0.15, 0.2) is 23.1 Å². The van der Waals surface area contributed by atoms with Gasteiger partial charge in [-0.2, -0.15) is 0 Å². The van der Waals surface area contributed by atoms with E-state index < -0.39 is 23.1 Å². The maximum atomic E-state index is 15.4. The summed E-state index contributed by atoms with van der Waals surface area (Å²) in [6.45, 7) is 5.19. The summed E-state index contributed by atoms with van der Waals surface area (Å²) in [6.07, 6.45) is 3.56. The first-order valence-corrected chi connectivity index (χ1v) is 15.7. The number of halogens is 2. The summed E-state index contributed by atoms with van der Waals surface area (Å²) in [5.74, 6) is -0.949. The minimum Gasteiger partial charge on any atom is -0.489 e. The molecule has 4 heterocycles. The van der Waals surface area contributed by atoms with E-state index in [0.29, 0.717) is 47.1 Å². The average molecular weight is 672 g/mol. The Bertz CT molecular complexity index is 2050. The highest BCUT2D eigenvalue weighted by atomic mass is 19.1. The second-order valence-corrected chi connectivity index (χ2v) is 11.2. The van der Waals surface area contributed by atoms with E-state index in [1.807, 2.05) is 0 Å². The Kier molecular flexibility index (Phi) is 9.30. The highest BCUT2D eigenvalue weighted by molar-refractivity contribution is 6.04. The lowest BCUT2D eigenvalue weighted by atomic mass is 10.1. The number of fused-ring (bicyclic) bond motifs is 3. The zero-order chi connectivity index (χ0) is 33.7. The molecule has 0 radical (unpaired) electrons. The molecule has 0 unspecified atom stereocenters. The summed E-state index contributed by atoms with van der Waals surface area (Å²) < 4.78 is 59.3. The number of carbonyl (C=O) groups is 1. The standard InChI is InChI=1S/C35H31F2N5O7/c36-22-4-7-24(8-5-22)42-11-1-3-25(35(42)44)33(43)40-23-6-9-28(26(37)19-23)49-34-30-27(38-21-39-34)20-29(31-32(30)48-18-17-47-31)46-14-2-10-41-12-15-45-16-13-41/h1,3-9,11,19-21H,2,10,12-18H2,(H,40,43). The first-order chi connectivity index (χ1) is 23.9. The molecule has 2 aromatic heterocycles. The van der Waals surface area contributed by atoms with E-state index in [2.05, 4.69) is 20.2 Å². The van der Waals surface area contributed by atoms with Gasteiger partial charge in [0.05, 0.1) is 25.3 Å². The predicted molar refractivity (Wildman–Crippen MR) is 174 cm³/mol. The number of rotatable bonds is 10. The van der Waals surface area contributed by atoms with Crippen molar-refractivity contribution in [2.24, 2.45) is 0 Å². The van der Waals surface area contributed by atoms with Crippen LogP contribution in [0.15, 0.2) is 78.0 Å². The molecule has 1 N–H and O–H groups in total. The van der Waals surface area contributed by atoms with Crippen molar-refractivity contribution in [2.75, 3.05) is 58.0 Å². The van der Waals surface area contributed by atoms with E-state index in [4.69, 9.17) is 23.7 Å². The highest BCUT2D eigenvalue weighted by Gasteiger charge is 2.26. The van der Waals surface area contributed by atoms with Gasteiger partial charge in [0.25, 0.3) is 11.5 Å². The molecule has 2 aliphatic heterocycles. The van der Waals surface area contributed by atoms with Crippen LogP contribution in [0.1, 0.15) is 16.8 Å². The maximum Gasteiger partial charge on any atom is 0.267 e. The number of carbonyl (C=O) groups excluding carboxylic acids is 1. The first-order valence-electron chi connectivity index (χ1n) is 15.7. The van der Waals surface area contributed by atoms with E-state index in [0.717, 1.165) is 45.3 Å². The van der Waals surface area contributed by atoms with Gasteiger partial charge in [-0.15, -0.1) is 0 Å². The minimum atomic E-state index is -0.799. The quantitative estimate of drug-likeness (QED) is 0.203. The van der Waals surface area contributed by atoms with Crippen molar-refractivity contribution < 1.29 is 37.3 Å². The normalized spacial score (nSPS) is 14.4. The van der Waals surface area contributed by atoms with Gasteiger partial charge in [-0.25, -0.2) is 18.7 Å². The van der Waals surface area contributed by atoms with Gasteiger partial charge in [0.2, 0.25) is 11.6 Å². The molecular weight excluding hydrogens is 640 g/mol. The van der Waals surface area contributed by atoms with Gasteiger partial charge in [0, 0.05) is 49.3 Å². The Morgan fingerprint density at radius 3 is 2.51 bits per heavy atom. The summed E-state index contributed by atoms with van der Waals surface area (Å²) in [6, 6.07) is 13.7. The van der Waals surface area contributed by atoms with Crippen LogP contribution in [0.3, 0.4) is 0 Å². The number of nitrogens with one attached hydrogen (secondary N) is 1. The second-order valence-electron chi connectivity index (χ2n) is 11.2. The molecule has 7 rings (SSSR count). The number of hydrogen-bond acceptors (Lipinski definition) is 10. The van der Waals surface area contributed by atoms with E-state index in [1.54, 1.807) is 6.07 Å². The molecule has 2 aliphatic rings. The van der Waals surface area contributed by atoms with Crippen molar-refractivity contribution in [3.05, 3.63) is 101 Å². The van der Waals surface area contributed by atoms with E-state index >= 15 is 4.39 Å². The number of amides is 1. The first kappa shape index (κ1) is 32.0. The second kappa shape index (κ2) is 14.3. The maximum absolute atomic E-state index is 15.4. The van der Waals surface area contributed by atoms with Crippen molar-refractivity contribution in [3.63, 3.8) is 0 Å². The fraction of sp³-hybridized carbons (Fsp3) is 0.257. The number of morpholine rings is 1. The third kappa shape index (κ3) is 7.00. The summed E-state index contributed by atoms with van der Waals surface area (Å²) in [5, 5.41) is 2.93. The number of aromatic nitrogens is 3. The fourth-order valence-corrected chi connectivity index (χ4v) is 5.60. The predicted octanol–water partition coefficient (Wildman–Crippen LogP) is 4.98. The van der Waals surface area contributed by atoms with Gasteiger partial charge in [-0.1, -0.05) is 0 Å². The largest absolute Gasteiger partial charge is 0.489 e. The third-order valence-corrected chi connectivity index (χ3v) is 8.02. The highest BCUT2D eigenvalue weighted by Crippen LogP contribution is 2.48. The average Bonchev–Trinajstić information content (AvgIpc) is 3.12. The van der Waals surface area contributed by atoms with Gasteiger partial charge in [-0.3, -0.25) is 19.1 Å². The van der Waals surface area contributed by atoms with Crippen LogP contribution in [0.4, 0.5) is 14.5 Å². The number of nitrogens with zero attached hydrogens (tertiary/aromatic N) is 4. The topological polar surface area (TPSA) is 126 Å². The Balaban J connectivity index is 1.08. The summed E-state index contributed by atoms with van der Waals surface area (Å²) in [7, 11) is 0. The molecule has 0 saturated carbocycles. The van der Waals surface area contributed by atoms with Crippen molar-refractivity contribution in [1.82, 2.24) is 19.4 Å². The zero-order valence-corrected chi connectivity index (χ0v) is 26.2. The number of pyridine rings is 1. The van der Waals surface area contributed by atoms with Crippen LogP contribution in [-0.4, -0.2) is 78.0 Å². The van der Waals surface area contributed by atoms with Crippen LogP contribution < -0.4 is 29.8 Å². The molecule has 12 nitrogen and oxygen atoms in total. The molecule has 5 aromatic rings. The van der Waals surface area contributed by atoms with Crippen molar-refractivity contribution in [2.45, 2.75) is 6.42 Å². The lowest BCUT2D eigenvalue weighted by Gasteiger charge is -2.26. The lowest BCUT2D eigenvalue weighted by Crippen LogP contribution is -2.37. The molecule has 3 aromatic carbocycles.